The van der Waals surface area contributed by atoms with Gasteiger partial charge in [0, 0.05) is 15.6 Å². The van der Waals surface area contributed by atoms with Crippen LogP contribution in [0.5, 0.6) is 17.2 Å². The largest absolute Gasteiger partial charge is 0.494 e. The molecule has 0 amide bonds. The molecule has 1 heterocycles. The van der Waals surface area contributed by atoms with Gasteiger partial charge in [0.1, 0.15) is 23.4 Å². The minimum Gasteiger partial charge on any atom is -0.494 e. The second-order valence-electron chi connectivity index (χ2n) is 8.24. The number of hydrogen-bond acceptors (Lipinski definition) is 8. The zero-order valence-electron chi connectivity index (χ0n) is 21.2. The van der Waals surface area contributed by atoms with Gasteiger partial charge in [0.05, 0.1) is 13.7 Å². The standard InChI is InChI=1S/C27H27ClN4O5S/c1-4-36-23-12-10-22(11-13-23)32-18(2)29-30-27(32)38-26(16-31(33)34)20-7-14-24(25(15-20)35-3)37-17-19-5-8-21(28)9-6-19/h5-15,26H,4,16-17H2,1-3H3/t26-/m1/s1. The number of nitro groups is 1. The summed E-state index contributed by atoms with van der Waals surface area (Å²) < 4.78 is 18.9. The molecule has 11 heteroatoms. The van der Waals surface area contributed by atoms with Crippen LogP contribution in [0.1, 0.15) is 29.1 Å². The first-order valence-electron chi connectivity index (χ1n) is 11.9. The number of halogens is 1. The van der Waals surface area contributed by atoms with Gasteiger partial charge in [-0.15, -0.1) is 10.2 Å². The minimum atomic E-state index is -0.547. The lowest BCUT2D eigenvalue weighted by Crippen LogP contribution is -2.11. The molecule has 0 aliphatic carbocycles. The van der Waals surface area contributed by atoms with Crippen molar-refractivity contribution in [3.63, 3.8) is 0 Å². The van der Waals surface area contributed by atoms with Crippen molar-refractivity contribution in [2.24, 2.45) is 0 Å². The second kappa shape index (κ2) is 12.7. The van der Waals surface area contributed by atoms with Gasteiger partial charge in [0.2, 0.25) is 6.54 Å². The monoisotopic (exact) mass is 554 g/mol. The van der Waals surface area contributed by atoms with E-state index in [2.05, 4.69) is 10.2 Å². The fraction of sp³-hybridized carbons (Fsp3) is 0.259. The molecule has 1 aromatic heterocycles. The Hall–Kier alpha value is -3.76. The summed E-state index contributed by atoms with van der Waals surface area (Å²) in [6.45, 7) is 4.35. The van der Waals surface area contributed by atoms with Crippen LogP contribution in [-0.2, 0) is 6.61 Å². The van der Waals surface area contributed by atoms with Crippen LogP contribution >= 0.6 is 23.4 Å². The van der Waals surface area contributed by atoms with E-state index in [1.807, 2.05) is 60.9 Å². The van der Waals surface area contributed by atoms with Crippen molar-refractivity contribution in [3.8, 4) is 22.9 Å². The van der Waals surface area contributed by atoms with Crippen LogP contribution in [0.4, 0.5) is 0 Å². The molecule has 4 rings (SSSR count). The first-order chi connectivity index (χ1) is 18.4. The number of benzene rings is 3. The van der Waals surface area contributed by atoms with E-state index in [1.54, 1.807) is 24.3 Å². The van der Waals surface area contributed by atoms with Crippen LogP contribution in [0.3, 0.4) is 0 Å². The van der Waals surface area contributed by atoms with Crippen LogP contribution < -0.4 is 14.2 Å². The zero-order chi connectivity index (χ0) is 27.1. The Balaban J connectivity index is 1.58. The van der Waals surface area contributed by atoms with Crippen molar-refractivity contribution in [2.75, 3.05) is 20.3 Å². The van der Waals surface area contributed by atoms with Crippen molar-refractivity contribution in [1.82, 2.24) is 14.8 Å². The molecular weight excluding hydrogens is 528 g/mol. The molecule has 0 aliphatic rings. The van der Waals surface area contributed by atoms with E-state index in [0.29, 0.717) is 46.3 Å². The Labute approximate surface area is 229 Å². The smallest absolute Gasteiger partial charge is 0.220 e. The van der Waals surface area contributed by atoms with Gasteiger partial charge in [-0.1, -0.05) is 41.6 Å². The first kappa shape index (κ1) is 27.3. The summed E-state index contributed by atoms with van der Waals surface area (Å²) in [5.74, 6) is 2.44. The second-order valence-corrected chi connectivity index (χ2v) is 9.85. The summed E-state index contributed by atoms with van der Waals surface area (Å²) in [6.07, 6.45) is 0. The van der Waals surface area contributed by atoms with E-state index in [9.17, 15) is 10.1 Å². The summed E-state index contributed by atoms with van der Waals surface area (Å²) in [7, 11) is 1.54. The van der Waals surface area contributed by atoms with Crippen molar-refractivity contribution in [3.05, 3.63) is 98.8 Å². The third kappa shape index (κ3) is 6.76. The highest BCUT2D eigenvalue weighted by Gasteiger charge is 2.25. The molecule has 0 saturated carbocycles. The molecular formula is C27H27ClN4O5S. The number of hydrogen-bond donors (Lipinski definition) is 0. The van der Waals surface area contributed by atoms with Gasteiger partial charge in [-0.05, 0) is 73.5 Å². The molecule has 0 spiro atoms. The number of nitrogens with zero attached hydrogens (tertiary/aromatic N) is 4. The van der Waals surface area contributed by atoms with Gasteiger partial charge >= 0.3 is 0 Å². The molecule has 9 nitrogen and oxygen atoms in total. The molecule has 1 atom stereocenters. The highest BCUT2D eigenvalue weighted by molar-refractivity contribution is 7.99. The maximum absolute atomic E-state index is 11.6. The lowest BCUT2D eigenvalue weighted by molar-refractivity contribution is -0.479. The summed E-state index contributed by atoms with van der Waals surface area (Å²) >= 11 is 7.23. The highest BCUT2D eigenvalue weighted by Crippen LogP contribution is 2.39. The maximum Gasteiger partial charge on any atom is 0.220 e. The van der Waals surface area contributed by atoms with Crippen LogP contribution in [-0.4, -0.2) is 39.9 Å². The first-order valence-corrected chi connectivity index (χ1v) is 13.1. The van der Waals surface area contributed by atoms with Crippen LogP contribution in [0, 0.1) is 17.0 Å². The third-order valence-electron chi connectivity index (χ3n) is 5.63. The average molecular weight is 555 g/mol. The Bertz CT molecular complexity index is 1380. The Morgan fingerprint density at radius 2 is 1.76 bits per heavy atom. The molecule has 3 aromatic carbocycles. The molecule has 0 fully saturated rings. The molecule has 0 N–H and O–H groups in total. The zero-order valence-corrected chi connectivity index (χ0v) is 22.7. The molecule has 38 heavy (non-hydrogen) atoms. The number of methoxy groups -OCH3 is 1. The van der Waals surface area contributed by atoms with Gasteiger partial charge < -0.3 is 14.2 Å². The maximum atomic E-state index is 11.6. The van der Waals surface area contributed by atoms with E-state index in [1.165, 1.54) is 18.9 Å². The summed E-state index contributed by atoms with van der Waals surface area (Å²) in [6, 6.07) is 20.3. The lowest BCUT2D eigenvalue weighted by atomic mass is 10.1. The van der Waals surface area contributed by atoms with E-state index in [4.69, 9.17) is 25.8 Å². The van der Waals surface area contributed by atoms with Crippen LogP contribution in [0.25, 0.3) is 5.69 Å². The van der Waals surface area contributed by atoms with Crippen molar-refractivity contribution < 1.29 is 19.1 Å². The Kier molecular flexibility index (Phi) is 9.09. The minimum absolute atomic E-state index is 0.312. The number of thioether (sulfide) groups is 1. The lowest BCUT2D eigenvalue weighted by Gasteiger charge is -2.17. The number of aryl methyl sites for hydroxylation is 1. The SMILES string of the molecule is CCOc1ccc(-n2c(C)nnc2S[C@H](C[N+](=O)[O-])c2ccc(OCc3ccc(Cl)cc3)c(OC)c2)cc1. The molecule has 0 radical (unpaired) electrons. The molecule has 0 unspecified atom stereocenters. The molecule has 0 saturated heterocycles. The van der Waals surface area contributed by atoms with Crippen molar-refractivity contribution in [2.45, 2.75) is 30.9 Å². The molecule has 198 valence electrons. The summed E-state index contributed by atoms with van der Waals surface area (Å²) in [5, 5.41) is 20.8. The van der Waals surface area contributed by atoms with Crippen LogP contribution in [0.15, 0.2) is 71.9 Å². The quantitative estimate of drug-likeness (QED) is 0.114. The summed E-state index contributed by atoms with van der Waals surface area (Å²) in [4.78, 5) is 11.3. The van der Waals surface area contributed by atoms with Crippen LogP contribution in [0.2, 0.25) is 5.02 Å². The van der Waals surface area contributed by atoms with Gasteiger partial charge in [-0.2, -0.15) is 0 Å². The fourth-order valence-corrected chi connectivity index (χ4v) is 5.08. The van der Waals surface area contributed by atoms with Crippen molar-refractivity contribution in [1.29, 1.82) is 0 Å². The van der Waals surface area contributed by atoms with E-state index < -0.39 is 5.25 Å². The van der Waals surface area contributed by atoms with Gasteiger partial charge in [0.15, 0.2) is 16.7 Å². The van der Waals surface area contributed by atoms with Crippen molar-refractivity contribution >= 4 is 23.4 Å². The molecule has 0 aliphatic heterocycles. The van der Waals surface area contributed by atoms with Gasteiger partial charge in [-0.25, -0.2) is 0 Å². The van der Waals surface area contributed by atoms with E-state index in [-0.39, 0.29) is 11.5 Å². The Morgan fingerprint density at radius 3 is 2.42 bits per heavy atom. The normalized spacial score (nSPS) is 11.7. The topological polar surface area (TPSA) is 102 Å². The van der Waals surface area contributed by atoms with Gasteiger partial charge in [-0.3, -0.25) is 14.7 Å². The number of aromatic nitrogens is 3. The number of rotatable bonds is 12. The highest BCUT2D eigenvalue weighted by atomic mass is 35.5. The fourth-order valence-electron chi connectivity index (χ4n) is 3.79. The number of ether oxygens (including phenoxy) is 3. The van der Waals surface area contributed by atoms with E-state index >= 15 is 0 Å². The molecule has 4 aromatic rings. The van der Waals surface area contributed by atoms with E-state index in [0.717, 1.165) is 17.0 Å². The average Bonchev–Trinajstić information content (AvgIpc) is 3.28. The predicted octanol–water partition coefficient (Wildman–Crippen LogP) is 6.33. The predicted molar refractivity (Wildman–Crippen MR) is 147 cm³/mol. The third-order valence-corrected chi connectivity index (χ3v) is 7.06. The summed E-state index contributed by atoms with van der Waals surface area (Å²) in [5.41, 5.74) is 2.49. The molecule has 0 bridgehead atoms. The van der Waals surface area contributed by atoms with Gasteiger partial charge in [0.25, 0.3) is 0 Å². The Morgan fingerprint density at radius 1 is 1.03 bits per heavy atom.